The van der Waals surface area contributed by atoms with Crippen LogP contribution in [0.3, 0.4) is 0 Å². The van der Waals surface area contributed by atoms with Gasteiger partial charge in [0, 0.05) is 11.5 Å². The Balaban J connectivity index is 2.75. The number of carboxylic acids is 1. The van der Waals surface area contributed by atoms with Crippen molar-refractivity contribution in [2.45, 2.75) is 19.3 Å². The molecular formula is C14H15O4-. The molecule has 1 aromatic carbocycles. The first kappa shape index (κ1) is 14.0. The van der Waals surface area contributed by atoms with Gasteiger partial charge in [0.1, 0.15) is 0 Å². The van der Waals surface area contributed by atoms with Gasteiger partial charge in [0.2, 0.25) is 0 Å². The summed E-state index contributed by atoms with van der Waals surface area (Å²) >= 11 is 0. The second kappa shape index (κ2) is 7.27. The molecule has 0 fully saturated rings. The Hall–Kier alpha value is -2.10. The summed E-state index contributed by atoms with van der Waals surface area (Å²) in [4.78, 5) is 21.9. The summed E-state index contributed by atoms with van der Waals surface area (Å²) in [7, 11) is 1.31. The third-order valence-electron chi connectivity index (χ3n) is 2.42. The molecule has 0 saturated heterocycles. The molecule has 0 aliphatic rings. The summed E-state index contributed by atoms with van der Waals surface area (Å²) in [5.41, 5.74) is 1.34. The highest BCUT2D eigenvalue weighted by molar-refractivity contribution is 5.93. The lowest BCUT2D eigenvalue weighted by Crippen LogP contribution is -2.21. The van der Waals surface area contributed by atoms with Gasteiger partial charge in [-0.25, -0.2) is 4.79 Å². The maximum absolute atomic E-state index is 11.5. The molecular weight excluding hydrogens is 232 g/mol. The first-order valence-corrected chi connectivity index (χ1v) is 5.67. The Morgan fingerprint density at radius 2 is 1.89 bits per heavy atom. The second-order valence-corrected chi connectivity index (χ2v) is 3.80. The predicted molar refractivity (Wildman–Crippen MR) is 65.3 cm³/mol. The molecule has 0 N–H and O–H groups in total. The van der Waals surface area contributed by atoms with E-state index in [1.54, 1.807) is 6.08 Å². The third-order valence-corrected chi connectivity index (χ3v) is 2.42. The number of carboxylic acid groups (broad SMARTS) is 1. The highest BCUT2D eigenvalue weighted by Gasteiger charge is 2.09. The highest BCUT2D eigenvalue weighted by atomic mass is 16.5. The van der Waals surface area contributed by atoms with E-state index in [1.165, 1.54) is 7.11 Å². The molecule has 1 rings (SSSR count). The van der Waals surface area contributed by atoms with Gasteiger partial charge in [-0.15, -0.1) is 0 Å². The zero-order valence-electron chi connectivity index (χ0n) is 10.2. The molecule has 18 heavy (non-hydrogen) atoms. The topological polar surface area (TPSA) is 66.4 Å². The smallest absolute Gasteiger partial charge is 0.333 e. The van der Waals surface area contributed by atoms with Crippen molar-refractivity contribution < 1.29 is 19.4 Å². The van der Waals surface area contributed by atoms with Crippen molar-refractivity contribution in [2.75, 3.05) is 7.11 Å². The second-order valence-electron chi connectivity index (χ2n) is 3.80. The van der Waals surface area contributed by atoms with Crippen molar-refractivity contribution in [3.63, 3.8) is 0 Å². The number of ether oxygens (including phenoxy) is 1. The number of benzene rings is 1. The van der Waals surface area contributed by atoms with Gasteiger partial charge in [-0.2, -0.15) is 0 Å². The standard InChI is InChI=1S/C14H16O4/c1-18-14(17)12(8-5-9-13(15)16)10-11-6-3-2-4-7-11/h2-4,6-7,10H,5,8-9H2,1H3,(H,15,16)/p-1. The molecule has 0 atom stereocenters. The van der Waals surface area contributed by atoms with Crippen LogP contribution in [0.1, 0.15) is 24.8 Å². The van der Waals surface area contributed by atoms with Gasteiger partial charge in [0.25, 0.3) is 0 Å². The van der Waals surface area contributed by atoms with Crippen LogP contribution in [-0.2, 0) is 14.3 Å². The maximum atomic E-state index is 11.5. The van der Waals surface area contributed by atoms with Crippen LogP contribution >= 0.6 is 0 Å². The summed E-state index contributed by atoms with van der Waals surface area (Å²) < 4.78 is 4.67. The van der Waals surface area contributed by atoms with E-state index in [1.807, 2.05) is 30.3 Å². The van der Waals surface area contributed by atoms with E-state index < -0.39 is 11.9 Å². The molecule has 0 saturated carbocycles. The van der Waals surface area contributed by atoms with E-state index in [0.717, 1.165) is 5.56 Å². The normalized spacial score (nSPS) is 11.1. The summed E-state index contributed by atoms with van der Waals surface area (Å²) in [5.74, 6) is -1.55. The van der Waals surface area contributed by atoms with E-state index >= 15 is 0 Å². The van der Waals surface area contributed by atoms with Gasteiger partial charge < -0.3 is 14.6 Å². The lowest BCUT2D eigenvalue weighted by atomic mass is 10.1. The molecule has 4 heteroatoms. The van der Waals surface area contributed by atoms with Gasteiger partial charge in [-0.1, -0.05) is 30.3 Å². The van der Waals surface area contributed by atoms with Gasteiger partial charge in [-0.3, -0.25) is 0 Å². The third kappa shape index (κ3) is 4.82. The number of esters is 1. The van der Waals surface area contributed by atoms with Crippen LogP contribution in [0.5, 0.6) is 0 Å². The van der Waals surface area contributed by atoms with Gasteiger partial charge in [0.15, 0.2) is 0 Å². The molecule has 4 nitrogen and oxygen atoms in total. The highest BCUT2D eigenvalue weighted by Crippen LogP contribution is 2.14. The van der Waals surface area contributed by atoms with Crippen LogP contribution in [0.15, 0.2) is 35.9 Å². The molecule has 0 aliphatic carbocycles. The summed E-state index contributed by atoms with van der Waals surface area (Å²) in [6.07, 6.45) is 2.36. The fourth-order valence-corrected chi connectivity index (χ4v) is 1.54. The number of hydrogen-bond donors (Lipinski definition) is 0. The SMILES string of the molecule is COC(=O)C(=Cc1ccccc1)CCCC(=O)[O-]. The Bertz CT molecular complexity index is 434. The fraction of sp³-hybridized carbons (Fsp3) is 0.286. The zero-order valence-corrected chi connectivity index (χ0v) is 10.2. The largest absolute Gasteiger partial charge is 0.550 e. The molecule has 0 aliphatic heterocycles. The maximum Gasteiger partial charge on any atom is 0.333 e. The summed E-state index contributed by atoms with van der Waals surface area (Å²) in [6, 6.07) is 9.33. The van der Waals surface area contributed by atoms with Crippen LogP contribution in [0.4, 0.5) is 0 Å². The quantitative estimate of drug-likeness (QED) is 0.559. The van der Waals surface area contributed by atoms with Crippen LogP contribution in [0.2, 0.25) is 0 Å². The zero-order chi connectivity index (χ0) is 13.4. The van der Waals surface area contributed by atoms with E-state index in [-0.39, 0.29) is 6.42 Å². The van der Waals surface area contributed by atoms with Crippen LogP contribution in [-0.4, -0.2) is 19.0 Å². The Morgan fingerprint density at radius 1 is 1.22 bits per heavy atom. The number of hydrogen-bond acceptors (Lipinski definition) is 4. The molecule has 0 heterocycles. The first-order valence-electron chi connectivity index (χ1n) is 5.67. The van der Waals surface area contributed by atoms with Crippen molar-refractivity contribution in [3.05, 3.63) is 41.5 Å². The average Bonchev–Trinajstić information content (AvgIpc) is 2.37. The summed E-state index contributed by atoms with van der Waals surface area (Å²) in [5, 5.41) is 10.3. The number of rotatable bonds is 6. The van der Waals surface area contributed by atoms with E-state index in [0.29, 0.717) is 18.4 Å². The Morgan fingerprint density at radius 3 is 2.44 bits per heavy atom. The first-order chi connectivity index (χ1) is 8.63. The van der Waals surface area contributed by atoms with E-state index in [4.69, 9.17) is 0 Å². The lowest BCUT2D eigenvalue weighted by Gasteiger charge is -2.06. The van der Waals surface area contributed by atoms with Crippen molar-refractivity contribution in [2.24, 2.45) is 0 Å². The lowest BCUT2D eigenvalue weighted by molar-refractivity contribution is -0.305. The fourth-order valence-electron chi connectivity index (χ4n) is 1.54. The Labute approximate surface area is 106 Å². The number of methoxy groups -OCH3 is 1. The van der Waals surface area contributed by atoms with E-state index in [2.05, 4.69) is 4.74 Å². The van der Waals surface area contributed by atoms with Crippen molar-refractivity contribution in [1.82, 2.24) is 0 Å². The minimum Gasteiger partial charge on any atom is -0.550 e. The summed E-state index contributed by atoms with van der Waals surface area (Å²) in [6.45, 7) is 0. The molecule has 96 valence electrons. The minimum absolute atomic E-state index is 0.0663. The van der Waals surface area contributed by atoms with Gasteiger partial charge in [-0.05, 0) is 30.9 Å². The molecule has 0 bridgehead atoms. The molecule has 0 amide bonds. The molecule has 1 aromatic rings. The molecule has 0 spiro atoms. The van der Waals surface area contributed by atoms with E-state index in [9.17, 15) is 14.7 Å². The van der Waals surface area contributed by atoms with Crippen molar-refractivity contribution in [3.8, 4) is 0 Å². The predicted octanol–water partition coefficient (Wildman–Crippen LogP) is 1.16. The van der Waals surface area contributed by atoms with Crippen LogP contribution < -0.4 is 5.11 Å². The molecule has 0 aromatic heterocycles. The number of carbonyl (C=O) groups is 2. The molecule has 0 radical (unpaired) electrons. The van der Waals surface area contributed by atoms with Crippen LogP contribution in [0, 0.1) is 0 Å². The minimum atomic E-state index is -1.11. The number of carbonyl (C=O) groups excluding carboxylic acids is 2. The average molecular weight is 247 g/mol. The van der Waals surface area contributed by atoms with Crippen molar-refractivity contribution >= 4 is 18.0 Å². The number of aliphatic carboxylic acids is 1. The van der Waals surface area contributed by atoms with Crippen LogP contribution in [0.25, 0.3) is 6.08 Å². The van der Waals surface area contributed by atoms with Gasteiger partial charge in [0.05, 0.1) is 7.11 Å². The Kier molecular flexibility index (Phi) is 5.64. The molecule has 0 unspecified atom stereocenters. The van der Waals surface area contributed by atoms with Crippen molar-refractivity contribution in [1.29, 1.82) is 0 Å². The monoisotopic (exact) mass is 247 g/mol. The van der Waals surface area contributed by atoms with Gasteiger partial charge >= 0.3 is 5.97 Å².